The SMILES string of the molecule is CC1=C(CCO)c2cc(F)ccc2C1=C1C=c2ccccc2=NC1. The molecule has 2 aromatic carbocycles. The van der Waals surface area contributed by atoms with Gasteiger partial charge in [-0.3, -0.25) is 4.99 Å². The fraction of sp³-hybridized carbons (Fsp3) is 0.190. The molecule has 1 aliphatic carbocycles. The van der Waals surface area contributed by atoms with Gasteiger partial charge in [0, 0.05) is 11.8 Å². The quantitative estimate of drug-likeness (QED) is 0.907. The highest BCUT2D eigenvalue weighted by molar-refractivity contribution is 6.02. The Morgan fingerprint density at radius 3 is 2.79 bits per heavy atom. The highest BCUT2D eigenvalue weighted by Crippen LogP contribution is 2.44. The molecule has 0 fully saturated rings. The lowest BCUT2D eigenvalue weighted by Crippen LogP contribution is -2.28. The first-order valence-corrected chi connectivity index (χ1v) is 8.14. The summed E-state index contributed by atoms with van der Waals surface area (Å²) in [5.41, 5.74) is 6.36. The van der Waals surface area contributed by atoms with E-state index in [-0.39, 0.29) is 12.4 Å². The molecule has 0 bridgehead atoms. The third-order valence-corrected chi connectivity index (χ3v) is 4.77. The van der Waals surface area contributed by atoms with E-state index in [1.165, 1.54) is 6.07 Å². The molecule has 2 aliphatic rings. The maximum Gasteiger partial charge on any atom is 0.123 e. The first kappa shape index (κ1) is 15.0. The van der Waals surface area contributed by atoms with E-state index in [1.807, 2.05) is 24.3 Å². The van der Waals surface area contributed by atoms with Gasteiger partial charge in [-0.1, -0.05) is 24.3 Å². The largest absolute Gasteiger partial charge is 0.396 e. The van der Waals surface area contributed by atoms with E-state index in [0.717, 1.165) is 44.0 Å². The lowest BCUT2D eigenvalue weighted by atomic mass is 9.95. The molecule has 3 heteroatoms. The molecule has 2 aromatic rings. The molecule has 0 atom stereocenters. The van der Waals surface area contributed by atoms with Crippen LogP contribution in [0.25, 0.3) is 17.2 Å². The molecule has 2 nitrogen and oxygen atoms in total. The van der Waals surface area contributed by atoms with Gasteiger partial charge in [0.15, 0.2) is 0 Å². The molecule has 1 heterocycles. The van der Waals surface area contributed by atoms with Crippen molar-refractivity contribution in [3.63, 3.8) is 0 Å². The lowest BCUT2D eigenvalue weighted by Gasteiger charge is -2.12. The summed E-state index contributed by atoms with van der Waals surface area (Å²) < 4.78 is 13.7. The zero-order valence-electron chi connectivity index (χ0n) is 13.5. The van der Waals surface area contributed by atoms with Crippen molar-refractivity contribution in [2.24, 2.45) is 4.99 Å². The summed E-state index contributed by atoms with van der Waals surface area (Å²) in [5.74, 6) is -0.245. The van der Waals surface area contributed by atoms with Gasteiger partial charge in [0.1, 0.15) is 5.82 Å². The highest BCUT2D eigenvalue weighted by atomic mass is 19.1. The minimum absolute atomic E-state index is 0.0577. The molecular formula is C21H18FNO. The van der Waals surface area contributed by atoms with Crippen molar-refractivity contribution in [3.8, 4) is 0 Å². The summed E-state index contributed by atoms with van der Waals surface area (Å²) in [6.45, 7) is 2.73. The molecule has 0 aromatic heterocycles. The average Bonchev–Trinajstić information content (AvgIpc) is 2.86. The third kappa shape index (κ3) is 2.33. The molecule has 4 rings (SSSR count). The van der Waals surface area contributed by atoms with Crippen LogP contribution >= 0.6 is 0 Å². The van der Waals surface area contributed by atoms with Gasteiger partial charge in [0.2, 0.25) is 0 Å². The van der Waals surface area contributed by atoms with Gasteiger partial charge in [-0.05, 0) is 71.0 Å². The van der Waals surface area contributed by atoms with Gasteiger partial charge in [-0.2, -0.15) is 0 Å². The van der Waals surface area contributed by atoms with Crippen LogP contribution < -0.4 is 10.6 Å². The molecule has 0 saturated carbocycles. The van der Waals surface area contributed by atoms with Gasteiger partial charge >= 0.3 is 0 Å². The Balaban J connectivity index is 1.98. The number of rotatable bonds is 2. The zero-order valence-corrected chi connectivity index (χ0v) is 13.5. The normalized spacial score (nSPS) is 18.8. The van der Waals surface area contributed by atoms with E-state index >= 15 is 0 Å². The van der Waals surface area contributed by atoms with Crippen LogP contribution in [0.2, 0.25) is 0 Å². The zero-order chi connectivity index (χ0) is 16.7. The van der Waals surface area contributed by atoms with Crippen molar-refractivity contribution in [1.29, 1.82) is 0 Å². The Kier molecular flexibility index (Phi) is 3.66. The van der Waals surface area contributed by atoms with E-state index in [2.05, 4.69) is 24.1 Å². The predicted molar refractivity (Wildman–Crippen MR) is 94.2 cm³/mol. The Morgan fingerprint density at radius 1 is 1.12 bits per heavy atom. The van der Waals surface area contributed by atoms with Crippen LogP contribution in [0.4, 0.5) is 4.39 Å². The summed E-state index contributed by atoms with van der Waals surface area (Å²) >= 11 is 0. The number of halogens is 1. The molecule has 0 radical (unpaired) electrons. The number of hydrogen-bond acceptors (Lipinski definition) is 2. The van der Waals surface area contributed by atoms with Crippen molar-refractivity contribution in [1.82, 2.24) is 0 Å². The van der Waals surface area contributed by atoms with Crippen LogP contribution in [0, 0.1) is 5.82 Å². The molecule has 0 unspecified atom stereocenters. The predicted octanol–water partition coefficient (Wildman–Crippen LogP) is 2.86. The van der Waals surface area contributed by atoms with Crippen molar-refractivity contribution < 1.29 is 9.50 Å². The fourth-order valence-electron chi connectivity index (χ4n) is 3.70. The molecule has 0 spiro atoms. The lowest BCUT2D eigenvalue weighted by molar-refractivity contribution is 0.305. The van der Waals surface area contributed by atoms with Crippen molar-refractivity contribution in [2.45, 2.75) is 13.3 Å². The Hall–Kier alpha value is -2.52. The van der Waals surface area contributed by atoms with Gasteiger partial charge in [0.25, 0.3) is 0 Å². The van der Waals surface area contributed by atoms with Crippen LogP contribution in [-0.2, 0) is 0 Å². The maximum atomic E-state index is 13.7. The minimum Gasteiger partial charge on any atom is -0.396 e. The van der Waals surface area contributed by atoms with E-state index in [1.54, 1.807) is 6.07 Å². The summed E-state index contributed by atoms with van der Waals surface area (Å²) in [6.07, 6.45) is 2.71. The summed E-state index contributed by atoms with van der Waals surface area (Å²) in [5, 5.41) is 11.5. The van der Waals surface area contributed by atoms with Crippen LogP contribution in [-0.4, -0.2) is 18.3 Å². The Bertz CT molecular complexity index is 1010. The molecule has 0 amide bonds. The van der Waals surface area contributed by atoms with E-state index in [4.69, 9.17) is 0 Å². The first-order valence-electron chi connectivity index (χ1n) is 8.14. The van der Waals surface area contributed by atoms with Crippen molar-refractivity contribution in [3.05, 3.63) is 81.1 Å². The average molecular weight is 319 g/mol. The second-order valence-corrected chi connectivity index (χ2v) is 6.19. The molecule has 1 aliphatic heterocycles. The molecule has 120 valence electrons. The number of fused-ring (bicyclic) bond motifs is 2. The number of aliphatic hydroxyl groups is 1. The number of para-hydroxylation sites is 1. The van der Waals surface area contributed by atoms with Gasteiger partial charge < -0.3 is 5.11 Å². The Morgan fingerprint density at radius 2 is 1.96 bits per heavy atom. The molecule has 24 heavy (non-hydrogen) atoms. The topological polar surface area (TPSA) is 32.6 Å². The molecule has 0 saturated heterocycles. The van der Waals surface area contributed by atoms with Crippen molar-refractivity contribution in [2.75, 3.05) is 13.2 Å². The fourth-order valence-corrected chi connectivity index (χ4v) is 3.70. The van der Waals surface area contributed by atoms with Gasteiger partial charge in [-0.15, -0.1) is 0 Å². The number of aliphatic hydroxyl groups excluding tert-OH is 1. The van der Waals surface area contributed by atoms with Gasteiger partial charge in [0.05, 0.1) is 11.9 Å². The smallest absolute Gasteiger partial charge is 0.123 e. The third-order valence-electron chi connectivity index (χ3n) is 4.77. The standard InChI is InChI=1S/C21H18FNO/c1-13-17(8-9-24)19-11-16(22)6-7-18(19)21(13)15-10-14-4-2-3-5-20(14)23-12-15/h2-7,10-11,24H,8-9,12H2,1H3. The van der Waals surface area contributed by atoms with E-state index < -0.39 is 0 Å². The van der Waals surface area contributed by atoms with Crippen molar-refractivity contribution >= 4 is 17.2 Å². The maximum absolute atomic E-state index is 13.7. The number of nitrogens with zero attached hydrogens (tertiary/aromatic N) is 1. The van der Waals surface area contributed by atoms with E-state index in [9.17, 15) is 9.50 Å². The summed E-state index contributed by atoms with van der Waals surface area (Å²) in [4.78, 5) is 4.68. The minimum atomic E-state index is -0.245. The van der Waals surface area contributed by atoms with Crippen LogP contribution in [0.1, 0.15) is 24.5 Å². The number of hydrogen-bond donors (Lipinski definition) is 1. The molecular weight excluding hydrogens is 301 g/mol. The summed E-state index contributed by atoms with van der Waals surface area (Å²) in [6, 6.07) is 13.0. The summed E-state index contributed by atoms with van der Waals surface area (Å²) in [7, 11) is 0. The Labute approximate surface area is 140 Å². The first-order chi connectivity index (χ1) is 11.7. The second-order valence-electron chi connectivity index (χ2n) is 6.19. The molecule has 1 N–H and O–H groups in total. The number of benzene rings is 2. The highest BCUT2D eigenvalue weighted by Gasteiger charge is 2.26. The van der Waals surface area contributed by atoms with Crippen LogP contribution in [0.5, 0.6) is 0 Å². The second kappa shape index (κ2) is 5.84. The van der Waals surface area contributed by atoms with Crippen LogP contribution in [0.3, 0.4) is 0 Å². The number of allylic oxidation sites excluding steroid dienone is 2. The van der Waals surface area contributed by atoms with Crippen LogP contribution in [0.15, 0.2) is 58.6 Å². The monoisotopic (exact) mass is 319 g/mol. The van der Waals surface area contributed by atoms with E-state index in [0.29, 0.717) is 13.0 Å². The van der Waals surface area contributed by atoms with Gasteiger partial charge in [-0.25, -0.2) is 4.39 Å².